The van der Waals surface area contributed by atoms with E-state index >= 15 is 0 Å². The van der Waals surface area contributed by atoms with E-state index in [9.17, 15) is 8.96 Å². The number of anilines is 1. The van der Waals surface area contributed by atoms with E-state index in [2.05, 4.69) is 5.32 Å². The van der Waals surface area contributed by atoms with Gasteiger partial charge >= 0.3 is 0 Å². The number of hydrogen-bond donors (Lipinski definition) is 1. The highest BCUT2D eigenvalue weighted by atomic mass is 35.5. The molecule has 1 aromatic carbocycles. The summed E-state index contributed by atoms with van der Waals surface area (Å²) in [5.41, 5.74) is 0.299. The lowest BCUT2D eigenvalue weighted by atomic mass is 10.2. The summed E-state index contributed by atoms with van der Waals surface area (Å²) in [5, 5.41) is 3.07. The first kappa shape index (κ1) is 19.2. The summed E-state index contributed by atoms with van der Waals surface area (Å²) >= 11 is 5.97. The van der Waals surface area contributed by atoms with Crippen LogP contribution in [0.25, 0.3) is 0 Å². The molecule has 126 valence electrons. The fraction of sp³-hybridized carbons (Fsp3) is 0.571. The van der Waals surface area contributed by atoms with Crippen molar-refractivity contribution < 1.29 is 23.0 Å². The van der Waals surface area contributed by atoms with Crippen LogP contribution in [-0.4, -0.2) is 32.7 Å². The molecule has 0 bridgehead atoms. The van der Waals surface area contributed by atoms with E-state index < -0.39 is 19.7 Å². The van der Waals surface area contributed by atoms with Crippen molar-refractivity contribution in [2.45, 2.75) is 26.1 Å². The molecule has 2 atom stereocenters. The molecule has 0 saturated carbocycles. The fourth-order valence-corrected chi connectivity index (χ4v) is 2.53. The Bertz CT molecular complexity index is 504. The first-order valence-corrected chi connectivity index (χ1v) is 8.81. The second-order valence-electron chi connectivity index (χ2n) is 4.61. The first-order valence-electron chi connectivity index (χ1n) is 7.04. The molecule has 8 heteroatoms. The predicted molar refractivity (Wildman–Crippen MR) is 87.1 cm³/mol. The maximum Gasteiger partial charge on any atom is 0.230 e. The van der Waals surface area contributed by atoms with Crippen molar-refractivity contribution in [2.24, 2.45) is 0 Å². The van der Waals surface area contributed by atoms with Crippen LogP contribution in [0, 0.1) is 5.82 Å². The van der Waals surface area contributed by atoms with Gasteiger partial charge in [-0.2, -0.15) is 0 Å². The number of halogens is 2. The van der Waals surface area contributed by atoms with Gasteiger partial charge in [-0.05, 0) is 19.4 Å². The number of rotatable bonds is 10. The van der Waals surface area contributed by atoms with Crippen LogP contribution in [0.2, 0.25) is 5.02 Å². The van der Waals surface area contributed by atoms with Gasteiger partial charge in [0.1, 0.15) is 11.6 Å². The molecule has 1 N–H and O–H groups in total. The second-order valence-corrected chi connectivity index (χ2v) is 6.76. The average molecular weight is 354 g/mol. The van der Waals surface area contributed by atoms with Gasteiger partial charge in [-0.3, -0.25) is 4.57 Å². The van der Waals surface area contributed by atoms with Gasteiger partial charge in [0.05, 0.1) is 23.9 Å². The second kappa shape index (κ2) is 10.1. The van der Waals surface area contributed by atoms with Crippen molar-refractivity contribution >= 4 is 25.3 Å². The SMILES string of the molecule is CCCNc1cc(OC(C)[PH](=O)OCCOC)c(Cl)cc1F. The summed E-state index contributed by atoms with van der Waals surface area (Å²) in [5.74, 6) is -0.867. The Kier molecular flexibility index (Phi) is 8.79. The largest absolute Gasteiger partial charge is 0.479 e. The monoisotopic (exact) mass is 353 g/mol. The number of nitrogens with one attached hydrogen (secondary N) is 1. The predicted octanol–water partition coefficient (Wildman–Crippen LogP) is 4.16. The number of methoxy groups -OCH3 is 1. The van der Waals surface area contributed by atoms with E-state index in [-0.39, 0.29) is 17.4 Å². The van der Waals surface area contributed by atoms with Crippen molar-refractivity contribution in [1.29, 1.82) is 0 Å². The molecule has 0 radical (unpaired) electrons. The van der Waals surface area contributed by atoms with Crippen LogP contribution in [0.4, 0.5) is 10.1 Å². The molecular formula is C14H22ClFNO4P. The van der Waals surface area contributed by atoms with Crippen LogP contribution >= 0.6 is 19.6 Å². The van der Waals surface area contributed by atoms with E-state index in [4.69, 9.17) is 25.6 Å². The molecule has 0 spiro atoms. The molecule has 0 heterocycles. The summed E-state index contributed by atoms with van der Waals surface area (Å²) < 4.78 is 41.2. The van der Waals surface area contributed by atoms with Gasteiger partial charge in [-0.1, -0.05) is 18.5 Å². The van der Waals surface area contributed by atoms with Crippen LogP contribution in [0.3, 0.4) is 0 Å². The first-order chi connectivity index (χ1) is 10.5. The van der Waals surface area contributed by atoms with E-state index in [1.165, 1.54) is 19.2 Å². The minimum atomic E-state index is -2.42. The number of benzene rings is 1. The topological polar surface area (TPSA) is 56.8 Å². The van der Waals surface area contributed by atoms with Gasteiger partial charge in [0.2, 0.25) is 8.03 Å². The molecule has 22 heavy (non-hydrogen) atoms. The molecule has 0 saturated heterocycles. The summed E-state index contributed by atoms with van der Waals surface area (Å²) in [6, 6.07) is 2.64. The van der Waals surface area contributed by atoms with Crippen molar-refractivity contribution in [3.05, 3.63) is 23.0 Å². The molecular weight excluding hydrogens is 332 g/mol. The molecule has 0 aliphatic carbocycles. The van der Waals surface area contributed by atoms with E-state index in [1.54, 1.807) is 6.92 Å². The zero-order valence-electron chi connectivity index (χ0n) is 12.9. The van der Waals surface area contributed by atoms with Crippen molar-refractivity contribution in [3.63, 3.8) is 0 Å². The lowest BCUT2D eigenvalue weighted by Gasteiger charge is -2.17. The normalized spacial score (nSPS) is 13.7. The molecule has 0 aliphatic heterocycles. The van der Waals surface area contributed by atoms with Gasteiger partial charge in [-0.15, -0.1) is 0 Å². The standard InChI is InChI=1S/C14H22ClFNO4P/c1-4-5-17-13-9-14(11(15)8-12(13)16)21-10(2)22(18)20-7-6-19-3/h8-10,17,22H,4-7H2,1-3H3. The molecule has 2 unspecified atom stereocenters. The van der Waals surface area contributed by atoms with Crippen molar-refractivity contribution in [3.8, 4) is 5.75 Å². The van der Waals surface area contributed by atoms with E-state index in [1.807, 2.05) is 6.92 Å². The minimum Gasteiger partial charge on any atom is -0.479 e. The fourth-order valence-electron chi connectivity index (χ4n) is 1.60. The van der Waals surface area contributed by atoms with Crippen molar-refractivity contribution in [1.82, 2.24) is 0 Å². The Labute approximate surface area is 136 Å². The van der Waals surface area contributed by atoms with Crippen molar-refractivity contribution in [2.75, 3.05) is 32.2 Å². The highest BCUT2D eigenvalue weighted by molar-refractivity contribution is 7.39. The van der Waals surface area contributed by atoms with Gasteiger partial charge in [0, 0.05) is 19.7 Å². The Morgan fingerprint density at radius 2 is 2.14 bits per heavy atom. The maximum atomic E-state index is 13.8. The smallest absolute Gasteiger partial charge is 0.230 e. The van der Waals surface area contributed by atoms with Crippen LogP contribution in [0.5, 0.6) is 5.75 Å². The maximum absolute atomic E-state index is 13.8. The molecule has 1 rings (SSSR count). The Morgan fingerprint density at radius 3 is 2.77 bits per heavy atom. The minimum absolute atomic E-state index is 0.123. The van der Waals surface area contributed by atoms with Gasteiger partial charge in [0.25, 0.3) is 0 Å². The Hall–Kier alpha value is -0.810. The van der Waals surface area contributed by atoms with Crippen LogP contribution in [-0.2, 0) is 13.8 Å². The summed E-state index contributed by atoms with van der Waals surface area (Å²) in [6.45, 7) is 4.80. The zero-order chi connectivity index (χ0) is 16.5. The summed E-state index contributed by atoms with van der Waals surface area (Å²) in [7, 11) is -0.887. The highest BCUT2D eigenvalue weighted by Gasteiger charge is 2.17. The Morgan fingerprint density at radius 1 is 1.41 bits per heavy atom. The number of hydrogen-bond acceptors (Lipinski definition) is 5. The summed E-state index contributed by atoms with van der Waals surface area (Å²) in [4.78, 5) is 0. The average Bonchev–Trinajstić information content (AvgIpc) is 2.48. The molecule has 0 amide bonds. The van der Waals surface area contributed by atoms with Crippen LogP contribution < -0.4 is 10.1 Å². The molecule has 5 nitrogen and oxygen atoms in total. The van der Waals surface area contributed by atoms with Crippen LogP contribution in [0.1, 0.15) is 20.3 Å². The third-order valence-corrected chi connectivity index (χ3v) is 4.32. The molecule has 0 aliphatic rings. The van der Waals surface area contributed by atoms with E-state index in [0.29, 0.717) is 18.8 Å². The van der Waals surface area contributed by atoms with Gasteiger partial charge < -0.3 is 19.3 Å². The number of ether oxygens (including phenoxy) is 2. The quantitative estimate of drug-likeness (QED) is 0.505. The lowest BCUT2D eigenvalue weighted by molar-refractivity contribution is 0.145. The molecule has 0 aromatic heterocycles. The zero-order valence-corrected chi connectivity index (χ0v) is 14.7. The third kappa shape index (κ3) is 6.13. The molecule has 1 aromatic rings. The van der Waals surface area contributed by atoms with Crippen LogP contribution in [0.15, 0.2) is 12.1 Å². The molecule has 0 fully saturated rings. The van der Waals surface area contributed by atoms with E-state index in [0.717, 1.165) is 6.42 Å². The summed E-state index contributed by atoms with van der Waals surface area (Å²) in [6.07, 6.45) is 0.857. The van der Waals surface area contributed by atoms with Gasteiger partial charge in [-0.25, -0.2) is 4.39 Å². The third-order valence-electron chi connectivity index (χ3n) is 2.75. The highest BCUT2D eigenvalue weighted by Crippen LogP contribution is 2.36. The Balaban J connectivity index is 2.72. The van der Waals surface area contributed by atoms with Gasteiger partial charge in [0.15, 0.2) is 5.85 Å². The lowest BCUT2D eigenvalue weighted by Crippen LogP contribution is -2.10.